The Balaban J connectivity index is 1.76. The number of Topliss-reactive ketones (excluding diaryl/α,β-unsaturated/α-hetero) is 1. The van der Waals surface area contributed by atoms with Gasteiger partial charge in [0.15, 0.2) is 16.6 Å². The lowest BCUT2D eigenvalue weighted by molar-refractivity contribution is -0.126. The molecule has 5 nitrogen and oxygen atoms in total. The molecule has 0 unspecified atom stereocenters. The lowest BCUT2D eigenvalue weighted by Crippen LogP contribution is -2.47. The van der Waals surface area contributed by atoms with E-state index in [2.05, 4.69) is 113 Å². The summed E-state index contributed by atoms with van der Waals surface area (Å²) < 4.78 is 25.5. The summed E-state index contributed by atoms with van der Waals surface area (Å²) in [6.07, 6.45) is 7.31. The molecule has 0 N–H and O–H groups in total. The first-order valence-electron chi connectivity index (χ1n) is 16.8. The van der Waals surface area contributed by atoms with Crippen molar-refractivity contribution in [3.63, 3.8) is 0 Å². The number of ketones is 1. The highest BCUT2D eigenvalue weighted by molar-refractivity contribution is 6.74. The van der Waals surface area contributed by atoms with E-state index in [0.717, 1.165) is 30.6 Å². The average Bonchev–Trinajstić information content (AvgIpc) is 3.36. The van der Waals surface area contributed by atoms with Crippen LogP contribution in [0.5, 0.6) is 5.75 Å². The van der Waals surface area contributed by atoms with Gasteiger partial charge in [0, 0.05) is 18.3 Å². The molecule has 0 radical (unpaired) electrons. The van der Waals surface area contributed by atoms with E-state index in [1.807, 2.05) is 12.1 Å². The molecule has 0 aromatic heterocycles. The Hall–Kier alpha value is -1.26. The predicted molar refractivity (Wildman–Crippen MR) is 188 cm³/mol. The maximum absolute atomic E-state index is 14.0. The summed E-state index contributed by atoms with van der Waals surface area (Å²) in [5.74, 6) is 1.71. The minimum Gasteiger partial charge on any atom is -0.497 e. The van der Waals surface area contributed by atoms with E-state index in [-0.39, 0.29) is 45.0 Å². The molecular formula is C37H64O5Si2. The van der Waals surface area contributed by atoms with Gasteiger partial charge >= 0.3 is 0 Å². The summed E-state index contributed by atoms with van der Waals surface area (Å²) in [7, 11) is -2.14. The summed E-state index contributed by atoms with van der Waals surface area (Å²) in [4.78, 5) is 14.0. The van der Waals surface area contributed by atoms with Gasteiger partial charge in [0.05, 0.1) is 32.0 Å². The second-order valence-corrected chi connectivity index (χ2v) is 26.8. The molecule has 0 aliphatic heterocycles. The zero-order valence-corrected chi connectivity index (χ0v) is 32.6. The van der Waals surface area contributed by atoms with E-state index in [0.29, 0.717) is 25.4 Å². The maximum atomic E-state index is 14.0. The van der Waals surface area contributed by atoms with Crippen LogP contribution in [0.2, 0.25) is 36.3 Å². The molecule has 7 heteroatoms. The van der Waals surface area contributed by atoms with Crippen molar-refractivity contribution in [2.24, 2.45) is 23.2 Å². The summed E-state index contributed by atoms with van der Waals surface area (Å²) in [5, 5.41) is 0.312. The number of carbonyl (C=O) groups excluding carboxylic acids is 1. The van der Waals surface area contributed by atoms with Crippen molar-refractivity contribution in [1.29, 1.82) is 0 Å². The second-order valence-electron chi connectivity index (χ2n) is 17.3. The number of carbonyl (C=O) groups is 1. The van der Waals surface area contributed by atoms with Crippen molar-refractivity contribution in [3.8, 4) is 5.75 Å². The van der Waals surface area contributed by atoms with Crippen molar-refractivity contribution < 1.29 is 23.1 Å². The molecule has 2 saturated carbocycles. The largest absolute Gasteiger partial charge is 0.497 e. The highest BCUT2D eigenvalue weighted by Gasteiger charge is 2.75. The number of hydrogen-bond donors (Lipinski definition) is 0. The van der Waals surface area contributed by atoms with Gasteiger partial charge in [0.1, 0.15) is 11.5 Å². The molecule has 0 spiro atoms. The molecule has 250 valence electrons. The first kappa shape index (κ1) is 37.2. The Morgan fingerprint density at radius 1 is 0.955 bits per heavy atom. The molecule has 2 aliphatic rings. The first-order valence-corrected chi connectivity index (χ1v) is 22.7. The standard InChI is InChI=1S/C37H64O5Si2/c1-27-25-37(42-44(13,14)35(5,6)7)33(36(37,8)9)24-32(38)31(27)23-30(40-26-28-18-20-29(39-10)21-19-28)17-15-16-22-41-43(11,12)34(2,3)4/h15-16,18-21,27,30-31,33H,17,22-26H2,1-14H3/b16-15+/t27-,30-,31+,33-,37+/m1/s1. The summed E-state index contributed by atoms with van der Waals surface area (Å²) in [5.41, 5.74) is 0.917. The van der Waals surface area contributed by atoms with E-state index in [9.17, 15) is 4.79 Å². The zero-order chi connectivity index (χ0) is 33.4. The van der Waals surface area contributed by atoms with Crippen LogP contribution in [0.4, 0.5) is 0 Å². The third-order valence-electron chi connectivity index (χ3n) is 11.9. The van der Waals surface area contributed by atoms with Crippen molar-refractivity contribution >= 4 is 22.4 Å². The van der Waals surface area contributed by atoms with Gasteiger partial charge in [-0.05, 0) is 84.6 Å². The molecule has 0 heterocycles. The molecule has 1 aromatic rings. The fraction of sp³-hybridized carbons (Fsp3) is 0.757. The van der Waals surface area contributed by atoms with Crippen molar-refractivity contribution in [1.82, 2.24) is 0 Å². The monoisotopic (exact) mass is 644 g/mol. The fourth-order valence-electron chi connectivity index (χ4n) is 6.50. The Kier molecular flexibility index (Phi) is 11.4. The maximum Gasteiger partial charge on any atom is 0.192 e. The van der Waals surface area contributed by atoms with Crippen LogP contribution in [0.15, 0.2) is 36.4 Å². The van der Waals surface area contributed by atoms with Gasteiger partial charge in [-0.2, -0.15) is 0 Å². The lowest BCUT2D eigenvalue weighted by Gasteiger charge is -2.42. The Morgan fingerprint density at radius 3 is 2.09 bits per heavy atom. The molecule has 0 saturated heterocycles. The first-order chi connectivity index (χ1) is 20.1. The molecule has 0 amide bonds. The fourth-order valence-corrected chi connectivity index (χ4v) is 9.15. The van der Waals surface area contributed by atoms with E-state index < -0.39 is 16.6 Å². The molecule has 44 heavy (non-hydrogen) atoms. The number of methoxy groups -OCH3 is 1. The average molecular weight is 645 g/mol. The third kappa shape index (κ3) is 8.17. The van der Waals surface area contributed by atoms with Gasteiger partial charge in [-0.25, -0.2) is 0 Å². The van der Waals surface area contributed by atoms with Crippen LogP contribution in [0, 0.1) is 23.2 Å². The molecule has 3 rings (SSSR count). The van der Waals surface area contributed by atoms with Crippen LogP contribution >= 0.6 is 0 Å². The van der Waals surface area contributed by atoms with Gasteiger partial charge < -0.3 is 18.3 Å². The SMILES string of the molecule is COc1ccc(CO[C@H](C/C=C/CO[Si](C)(C)C(C)(C)C)C[C@@H]2C(=O)C[C@@H]3C(C)(C)[C@]3(O[Si](C)(C)C(C)(C)C)C[C@H]2C)cc1. The third-order valence-corrected chi connectivity index (χ3v) is 20.9. The van der Waals surface area contributed by atoms with Gasteiger partial charge in [-0.1, -0.05) is 86.6 Å². The van der Waals surface area contributed by atoms with E-state index >= 15 is 0 Å². The van der Waals surface area contributed by atoms with Crippen LogP contribution in [0.1, 0.15) is 93.6 Å². The second kappa shape index (κ2) is 13.5. The lowest BCUT2D eigenvalue weighted by atomic mass is 9.80. The Bertz CT molecular complexity index is 1140. The van der Waals surface area contributed by atoms with Crippen molar-refractivity contribution in [2.75, 3.05) is 13.7 Å². The number of fused-ring (bicyclic) bond motifs is 1. The van der Waals surface area contributed by atoms with Crippen LogP contribution in [-0.4, -0.2) is 47.8 Å². The minimum atomic E-state index is -2.01. The van der Waals surface area contributed by atoms with Gasteiger partial charge in [0.25, 0.3) is 0 Å². The number of ether oxygens (including phenoxy) is 2. The van der Waals surface area contributed by atoms with E-state index in [1.54, 1.807) is 7.11 Å². The quantitative estimate of drug-likeness (QED) is 0.158. The molecule has 2 fully saturated rings. The van der Waals surface area contributed by atoms with Crippen molar-refractivity contribution in [3.05, 3.63) is 42.0 Å². The molecule has 0 bridgehead atoms. The molecule has 2 aliphatic carbocycles. The topological polar surface area (TPSA) is 54.0 Å². The highest BCUT2D eigenvalue weighted by Crippen LogP contribution is 2.71. The van der Waals surface area contributed by atoms with Crippen LogP contribution in [-0.2, 0) is 25.0 Å². The Labute approximate surface area is 272 Å². The van der Waals surface area contributed by atoms with Crippen LogP contribution in [0.3, 0.4) is 0 Å². The summed E-state index contributed by atoms with van der Waals surface area (Å²) in [6.45, 7) is 31.1. The zero-order valence-electron chi connectivity index (χ0n) is 30.6. The highest BCUT2D eigenvalue weighted by atomic mass is 28.4. The Morgan fingerprint density at radius 2 is 1.55 bits per heavy atom. The minimum absolute atomic E-state index is 0.0224. The summed E-state index contributed by atoms with van der Waals surface area (Å²) >= 11 is 0. The van der Waals surface area contributed by atoms with Crippen molar-refractivity contribution in [2.45, 2.75) is 143 Å². The normalized spacial score (nSPS) is 26.8. The summed E-state index contributed by atoms with van der Waals surface area (Å²) in [6, 6.07) is 8.04. The van der Waals surface area contributed by atoms with Gasteiger partial charge in [-0.15, -0.1) is 0 Å². The number of hydrogen-bond acceptors (Lipinski definition) is 5. The van der Waals surface area contributed by atoms with E-state index in [1.165, 1.54) is 0 Å². The van der Waals surface area contributed by atoms with Gasteiger partial charge in [-0.3, -0.25) is 4.79 Å². The predicted octanol–water partition coefficient (Wildman–Crippen LogP) is 9.97. The molecular weight excluding hydrogens is 581 g/mol. The molecule has 1 aromatic carbocycles. The smallest absolute Gasteiger partial charge is 0.192 e. The number of benzene rings is 1. The van der Waals surface area contributed by atoms with Crippen LogP contribution < -0.4 is 4.74 Å². The van der Waals surface area contributed by atoms with E-state index in [4.69, 9.17) is 18.3 Å². The number of rotatable bonds is 13. The van der Waals surface area contributed by atoms with Gasteiger partial charge in [0.2, 0.25) is 0 Å². The van der Waals surface area contributed by atoms with Crippen LogP contribution in [0.25, 0.3) is 0 Å². The molecule has 5 atom stereocenters.